The third-order valence-electron chi connectivity index (χ3n) is 2.66. The van der Waals surface area contributed by atoms with Gasteiger partial charge in [-0.05, 0) is 30.3 Å². The van der Waals surface area contributed by atoms with E-state index in [4.69, 9.17) is 5.11 Å². The average molecular weight is 289 g/mol. The van der Waals surface area contributed by atoms with Gasteiger partial charge in [0.1, 0.15) is 11.3 Å². The summed E-state index contributed by atoms with van der Waals surface area (Å²) in [4.78, 5) is 20.9. The first-order valence-corrected chi connectivity index (χ1v) is 5.80. The number of aromatic carboxylic acids is 1. The highest BCUT2D eigenvalue weighted by Crippen LogP contribution is 2.22. The number of hydrogen-bond donors (Lipinski definition) is 4. The molecular formula is C13H11N3O5. The molecule has 2 aromatic rings. The number of carboxylic acids is 1. The lowest BCUT2D eigenvalue weighted by atomic mass is 10.2. The molecule has 0 spiro atoms. The summed E-state index contributed by atoms with van der Waals surface area (Å²) < 4.78 is 0. The molecule has 2 rings (SSSR count). The van der Waals surface area contributed by atoms with Crippen LogP contribution >= 0.6 is 0 Å². The molecule has 0 unspecified atom stereocenters. The van der Waals surface area contributed by atoms with E-state index >= 15 is 0 Å². The van der Waals surface area contributed by atoms with Crippen LogP contribution in [-0.2, 0) is 0 Å². The molecule has 0 saturated heterocycles. The number of carboxylic acid groups (broad SMARTS) is 1. The topological polar surface area (TPSA) is 125 Å². The number of aromatic hydroxyl groups is 1. The number of hydrazine groups is 1. The Morgan fingerprint density at radius 3 is 2.19 bits per heavy atom. The number of benzene rings is 2. The molecule has 21 heavy (non-hydrogen) atoms. The number of nitrogens with one attached hydrogen (secondary N) is 2. The van der Waals surface area contributed by atoms with E-state index in [9.17, 15) is 20.0 Å². The van der Waals surface area contributed by atoms with Crippen molar-refractivity contribution in [2.24, 2.45) is 0 Å². The number of non-ortho nitro benzene ring substituents is 1. The van der Waals surface area contributed by atoms with Crippen molar-refractivity contribution in [3.63, 3.8) is 0 Å². The van der Waals surface area contributed by atoms with Gasteiger partial charge in [0, 0.05) is 12.1 Å². The lowest BCUT2D eigenvalue weighted by Gasteiger charge is -2.10. The zero-order valence-corrected chi connectivity index (χ0v) is 10.6. The van der Waals surface area contributed by atoms with Gasteiger partial charge in [-0.15, -0.1) is 0 Å². The van der Waals surface area contributed by atoms with Gasteiger partial charge in [0.25, 0.3) is 5.69 Å². The van der Waals surface area contributed by atoms with Crippen LogP contribution in [0.25, 0.3) is 0 Å². The van der Waals surface area contributed by atoms with E-state index in [1.165, 1.54) is 42.5 Å². The average Bonchev–Trinajstić information content (AvgIpc) is 2.46. The molecule has 0 aliphatic heterocycles. The molecular weight excluding hydrogens is 278 g/mol. The third kappa shape index (κ3) is 3.38. The first-order valence-electron chi connectivity index (χ1n) is 5.80. The summed E-state index contributed by atoms with van der Waals surface area (Å²) in [5, 5.41) is 28.8. The molecule has 0 amide bonds. The lowest BCUT2D eigenvalue weighted by molar-refractivity contribution is -0.384. The van der Waals surface area contributed by atoms with Crippen molar-refractivity contribution in [2.75, 3.05) is 10.9 Å². The Kier molecular flexibility index (Phi) is 3.89. The van der Waals surface area contributed by atoms with Crippen molar-refractivity contribution in [3.05, 3.63) is 58.1 Å². The first-order chi connectivity index (χ1) is 9.97. The van der Waals surface area contributed by atoms with Crippen molar-refractivity contribution in [3.8, 4) is 5.75 Å². The molecule has 0 aliphatic carbocycles. The van der Waals surface area contributed by atoms with Gasteiger partial charge < -0.3 is 21.1 Å². The quantitative estimate of drug-likeness (QED) is 0.378. The van der Waals surface area contributed by atoms with Crippen molar-refractivity contribution < 1.29 is 19.9 Å². The summed E-state index contributed by atoms with van der Waals surface area (Å²) in [7, 11) is 0. The molecule has 8 nitrogen and oxygen atoms in total. The van der Waals surface area contributed by atoms with Crippen LogP contribution in [-0.4, -0.2) is 21.1 Å². The molecule has 0 bridgehead atoms. The van der Waals surface area contributed by atoms with E-state index in [2.05, 4.69) is 10.9 Å². The predicted octanol–water partition coefficient (Wildman–Crippen LogP) is 2.44. The Balaban J connectivity index is 2.07. The summed E-state index contributed by atoms with van der Waals surface area (Å²) in [6, 6.07) is 9.68. The molecule has 0 atom stereocenters. The maximum Gasteiger partial charge on any atom is 0.339 e. The Labute approximate surface area is 118 Å². The number of nitro groups is 1. The fourth-order valence-corrected chi connectivity index (χ4v) is 1.60. The SMILES string of the molecule is O=C(O)c1cc(NNc2ccc([N+](=O)[O-])cc2)ccc1O. The number of rotatable bonds is 5. The molecule has 0 saturated carbocycles. The smallest absolute Gasteiger partial charge is 0.339 e. The minimum Gasteiger partial charge on any atom is -0.507 e. The molecule has 108 valence electrons. The molecule has 4 N–H and O–H groups in total. The Hall–Kier alpha value is -3.29. The second-order valence-corrected chi connectivity index (χ2v) is 4.09. The van der Waals surface area contributed by atoms with E-state index in [1.807, 2.05) is 0 Å². The number of anilines is 2. The van der Waals surface area contributed by atoms with Crippen LogP contribution in [0.15, 0.2) is 42.5 Å². The van der Waals surface area contributed by atoms with E-state index < -0.39 is 10.9 Å². The molecule has 0 aromatic heterocycles. The van der Waals surface area contributed by atoms with Gasteiger partial charge in [0.15, 0.2) is 0 Å². The molecule has 0 fully saturated rings. The second kappa shape index (κ2) is 5.78. The number of phenols is 1. The number of nitrogens with zero attached hydrogens (tertiary/aromatic N) is 1. The van der Waals surface area contributed by atoms with Crippen LogP contribution in [0.4, 0.5) is 17.1 Å². The Morgan fingerprint density at radius 1 is 1.05 bits per heavy atom. The summed E-state index contributed by atoms with van der Waals surface area (Å²) in [5.74, 6) is -1.57. The van der Waals surface area contributed by atoms with Gasteiger partial charge >= 0.3 is 5.97 Å². The van der Waals surface area contributed by atoms with Crippen molar-refractivity contribution >= 4 is 23.0 Å². The Morgan fingerprint density at radius 2 is 1.62 bits per heavy atom. The maximum atomic E-state index is 10.9. The molecule has 0 aliphatic rings. The lowest BCUT2D eigenvalue weighted by Crippen LogP contribution is -2.09. The van der Waals surface area contributed by atoms with Gasteiger partial charge in [-0.3, -0.25) is 10.1 Å². The van der Waals surface area contributed by atoms with Gasteiger partial charge in [0.05, 0.1) is 16.3 Å². The van der Waals surface area contributed by atoms with Crippen molar-refractivity contribution in [1.29, 1.82) is 0 Å². The predicted molar refractivity (Wildman–Crippen MR) is 75.4 cm³/mol. The number of carbonyl (C=O) groups is 1. The molecule has 2 aromatic carbocycles. The summed E-state index contributed by atoms with van der Waals surface area (Å²) in [6.07, 6.45) is 0. The highest BCUT2D eigenvalue weighted by molar-refractivity contribution is 5.92. The third-order valence-corrected chi connectivity index (χ3v) is 2.66. The summed E-state index contributed by atoms with van der Waals surface area (Å²) in [6.45, 7) is 0. The molecule has 0 radical (unpaired) electrons. The fourth-order valence-electron chi connectivity index (χ4n) is 1.60. The van der Waals surface area contributed by atoms with Gasteiger partial charge in [-0.25, -0.2) is 4.79 Å². The first kappa shape index (κ1) is 14.1. The normalized spacial score (nSPS) is 9.90. The summed E-state index contributed by atoms with van der Waals surface area (Å²) >= 11 is 0. The number of hydrogen-bond acceptors (Lipinski definition) is 6. The highest BCUT2D eigenvalue weighted by atomic mass is 16.6. The van der Waals surface area contributed by atoms with Crippen molar-refractivity contribution in [1.82, 2.24) is 0 Å². The van der Waals surface area contributed by atoms with Crippen LogP contribution in [0.2, 0.25) is 0 Å². The highest BCUT2D eigenvalue weighted by Gasteiger charge is 2.10. The second-order valence-electron chi connectivity index (χ2n) is 4.09. The van der Waals surface area contributed by atoms with E-state index in [0.29, 0.717) is 11.4 Å². The summed E-state index contributed by atoms with van der Waals surface area (Å²) in [5.41, 5.74) is 6.22. The monoisotopic (exact) mass is 289 g/mol. The van der Waals surface area contributed by atoms with Crippen molar-refractivity contribution in [2.45, 2.75) is 0 Å². The fraction of sp³-hybridized carbons (Fsp3) is 0. The molecule has 0 heterocycles. The maximum absolute atomic E-state index is 10.9. The van der Waals surface area contributed by atoms with E-state index in [1.54, 1.807) is 0 Å². The van der Waals surface area contributed by atoms with Gasteiger partial charge in [-0.2, -0.15) is 0 Å². The minimum absolute atomic E-state index is 0.0293. The van der Waals surface area contributed by atoms with Crippen LogP contribution in [0.1, 0.15) is 10.4 Å². The number of nitro benzene ring substituents is 1. The van der Waals surface area contributed by atoms with Crippen LogP contribution in [0, 0.1) is 10.1 Å². The van der Waals surface area contributed by atoms with Crippen LogP contribution in [0.3, 0.4) is 0 Å². The molecule has 8 heteroatoms. The largest absolute Gasteiger partial charge is 0.507 e. The minimum atomic E-state index is -1.24. The van der Waals surface area contributed by atoms with Gasteiger partial charge in [-0.1, -0.05) is 0 Å². The van der Waals surface area contributed by atoms with E-state index in [-0.39, 0.29) is 17.0 Å². The zero-order valence-electron chi connectivity index (χ0n) is 10.6. The van der Waals surface area contributed by atoms with Crippen LogP contribution in [0.5, 0.6) is 5.75 Å². The zero-order chi connectivity index (χ0) is 15.4. The van der Waals surface area contributed by atoms with Crippen LogP contribution < -0.4 is 10.9 Å². The standard InChI is InChI=1S/C13H11N3O5/c17-12-6-3-9(7-11(12)13(18)19)15-14-8-1-4-10(5-2-8)16(20)21/h1-7,14-15,17H,(H,18,19). The van der Waals surface area contributed by atoms with Gasteiger partial charge in [0.2, 0.25) is 0 Å². The van der Waals surface area contributed by atoms with E-state index in [0.717, 1.165) is 0 Å². The Bertz CT molecular complexity index is 685.